The summed E-state index contributed by atoms with van der Waals surface area (Å²) >= 11 is 0. The Morgan fingerprint density at radius 2 is 1.68 bits per heavy atom. The van der Waals surface area contributed by atoms with Crippen LogP contribution in [0.4, 0.5) is 0 Å². The lowest BCUT2D eigenvalue weighted by Crippen LogP contribution is -2.29. The van der Waals surface area contributed by atoms with Gasteiger partial charge in [0.1, 0.15) is 0 Å². The van der Waals surface area contributed by atoms with Crippen molar-refractivity contribution in [3.8, 4) is 0 Å². The maximum atomic E-state index is 8.51. The molecule has 3 N–H and O–H groups in total. The molecule has 0 bridgehead atoms. The normalized spacial score (nSPS) is 14.1. The molecule has 0 aromatic heterocycles. The lowest BCUT2D eigenvalue weighted by Gasteiger charge is -2.27. The zero-order valence-electron chi connectivity index (χ0n) is 15.2. The molecule has 22 heavy (non-hydrogen) atoms. The molecule has 1 aliphatic heterocycles. The molecule has 0 amide bonds. The van der Waals surface area contributed by atoms with Crippen LogP contribution in [0.5, 0.6) is 0 Å². The van der Waals surface area contributed by atoms with E-state index in [0.717, 1.165) is 6.54 Å². The van der Waals surface area contributed by atoms with Crippen LogP contribution in [0.2, 0.25) is 0 Å². The number of hydrogen-bond donors (Lipinski definition) is 2. The number of nitrogens with zero attached hydrogens (tertiary/aromatic N) is 1. The summed E-state index contributed by atoms with van der Waals surface area (Å²) in [6, 6.07) is 8.78. The Morgan fingerprint density at radius 3 is 2.09 bits per heavy atom. The van der Waals surface area contributed by atoms with Crippen molar-refractivity contribution in [3.05, 3.63) is 35.4 Å². The second-order valence-electron chi connectivity index (χ2n) is 6.62. The third-order valence-electron chi connectivity index (χ3n) is 3.64. The number of benzene rings is 1. The topological polar surface area (TPSA) is 49.5 Å². The zero-order valence-corrected chi connectivity index (χ0v) is 15.2. The van der Waals surface area contributed by atoms with Crippen molar-refractivity contribution < 1.29 is 5.11 Å². The Kier molecular flexibility index (Phi) is 11.2. The Hall–Kier alpha value is -0.900. The van der Waals surface area contributed by atoms with E-state index in [-0.39, 0.29) is 12.0 Å². The van der Waals surface area contributed by atoms with Crippen molar-refractivity contribution in [2.75, 3.05) is 26.2 Å². The summed E-state index contributed by atoms with van der Waals surface area (Å²) < 4.78 is 0. The van der Waals surface area contributed by atoms with Gasteiger partial charge in [-0.25, -0.2) is 0 Å². The average molecular weight is 309 g/mol. The summed E-state index contributed by atoms with van der Waals surface area (Å²) in [5, 5.41) is 8.51. The van der Waals surface area contributed by atoms with E-state index < -0.39 is 0 Å². The highest BCUT2D eigenvalue weighted by molar-refractivity contribution is 5.28. The van der Waals surface area contributed by atoms with Crippen LogP contribution in [0.3, 0.4) is 0 Å². The molecule has 3 nitrogen and oxygen atoms in total. The van der Waals surface area contributed by atoms with Gasteiger partial charge in [-0.15, -0.1) is 0 Å². The van der Waals surface area contributed by atoms with E-state index in [9.17, 15) is 0 Å². The van der Waals surface area contributed by atoms with Crippen molar-refractivity contribution >= 4 is 0 Å². The summed E-state index contributed by atoms with van der Waals surface area (Å²) in [7, 11) is 0. The molecule has 0 fully saturated rings. The van der Waals surface area contributed by atoms with E-state index in [1.807, 2.05) is 13.8 Å². The van der Waals surface area contributed by atoms with Crippen LogP contribution in [0.25, 0.3) is 0 Å². The van der Waals surface area contributed by atoms with E-state index in [2.05, 4.69) is 49.9 Å². The average Bonchev–Trinajstić information content (AvgIpc) is 2.55. The minimum atomic E-state index is -0.0833. The number of fused-ring (bicyclic) bond motifs is 1. The second kappa shape index (κ2) is 11.6. The molecular formula is C19H36N2O. The Bertz CT molecular complexity index is 385. The molecule has 0 radical (unpaired) electrons. The highest BCUT2D eigenvalue weighted by atomic mass is 16.3. The summed E-state index contributed by atoms with van der Waals surface area (Å²) in [6.45, 7) is 14.6. The van der Waals surface area contributed by atoms with Crippen molar-refractivity contribution in [2.24, 2.45) is 11.1 Å². The van der Waals surface area contributed by atoms with Crippen molar-refractivity contribution in [2.45, 2.75) is 54.0 Å². The molecule has 1 aliphatic rings. The fourth-order valence-corrected chi connectivity index (χ4v) is 1.89. The SMILES string of the molecule is CC(C)(CN)CO.CCC.CCN1CCc2ccccc2C1. The summed E-state index contributed by atoms with van der Waals surface area (Å²) in [4.78, 5) is 2.49. The van der Waals surface area contributed by atoms with Crippen LogP contribution in [0.1, 0.15) is 52.2 Å². The third kappa shape index (κ3) is 8.52. The van der Waals surface area contributed by atoms with Gasteiger partial charge in [0, 0.05) is 25.1 Å². The standard InChI is InChI=1S/C11H15N.C5H13NO.C3H8/c1-2-12-8-7-10-5-3-4-6-11(10)9-12;1-5(2,3-6)4-7;1-3-2/h3-6H,2,7-9H2,1H3;7H,3-4,6H2,1-2H3;3H2,1-2H3. The number of aliphatic hydroxyl groups is 1. The van der Waals surface area contributed by atoms with E-state index in [1.54, 1.807) is 5.56 Å². The van der Waals surface area contributed by atoms with Gasteiger partial charge < -0.3 is 10.8 Å². The lowest BCUT2D eigenvalue weighted by atomic mass is 9.96. The van der Waals surface area contributed by atoms with Crippen LogP contribution in [0.15, 0.2) is 24.3 Å². The molecule has 0 atom stereocenters. The van der Waals surface area contributed by atoms with Gasteiger partial charge in [0.2, 0.25) is 0 Å². The first-order chi connectivity index (χ1) is 10.4. The Labute approximate surface area is 137 Å². The van der Waals surface area contributed by atoms with Crippen LogP contribution in [-0.2, 0) is 13.0 Å². The van der Waals surface area contributed by atoms with Gasteiger partial charge in [-0.2, -0.15) is 0 Å². The van der Waals surface area contributed by atoms with Crippen LogP contribution in [-0.4, -0.2) is 36.2 Å². The van der Waals surface area contributed by atoms with Gasteiger partial charge in [-0.1, -0.05) is 65.3 Å². The van der Waals surface area contributed by atoms with Gasteiger partial charge in [0.05, 0.1) is 0 Å². The zero-order chi connectivity index (χ0) is 17.0. The molecule has 128 valence electrons. The minimum absolute atomic E-state index is 0.0833. The van der Waals surface area contributed by atoms with Gasteiger partial charge in [-0.05, 0) is 30.6 Å². The monoisotopic (exact) mass is 308 g/mol. The third-order valence-corrected chi connectivity index (χ3v) is 3.64. The fraction of sp³-hybridized carbons (Fsp3) is 0.684. The van der Waals surface area contributed by atoms with Gasteiger partial charge in [0.25, 0.3) is 0 Å². The molecule has 1 aromatic rings. The minimum Gasteiger partial charge on any atom is -0.396 e. The first-order valence-corrected chi connectivity index (χ1v) is 8.54. The van der Waals surface area contributed by atoms with Crippen molar-refractivity contribution in [1.82, 2.24) is 4.90 Å². The van der Waals surface area contributed by atoms with Crippen molar-refractivity contribution in [1.29, 1.82) is 0 Å². The van der Waals surface area contributed by atoms with Crippen LogP contribution < -0.4 is 5.73 Å². The van der Waals surface area contributed by atoms with E-state index in [1.165, 1.54) is 31.5 Å². The highest BCUT2D eigenvalue weighted by Gasteiger charge is 2.13. The largest absolute Gasteiger partial charge is 0.396 e. The smallest absolute Gasteiger partial charge is 0.0494 e. The molecule has 0 spiro atoms. The predicted molar refractivity (Wildman–Crippen MR) is 97.0 cm³/mol. The van der Waals surface area contributed by atoms with Gasteiger partial charge in [-0.3, -0.25) is 4.90 Å². The molecule has 2 rings (SSSR count). The van der Waals surface area contributed by atoms with Crippen LogP contribution >= 0.6 is 0 Å². The van der Waals surface area contributed by atoms with E-state index in [0.29, 0.717) is 6.54 Å². The molecular weight excluding hydrogens is 272 g/mol. The number of aliphatic hydroxyl groups excluding tert-OH is 1. The molecule has 0 aliphatic carbocycles. The molecule has 3 heteroatoms. The molecule has 0 unspecified atom stereocenters. The summed E-state index contributed by atoms with van der Waals surface area (Å²) in [6.07, 6.45) is 2.48. The quantitative estimate of drug-likeness (QED) is 0.899. The first kappa shape index (κ1) is 21.1. The van der Waals surface area contributed by atoms with Gasteiger partial charge in [0.15, 0.2) is 0 Å². The fourth-order valence-electron chi connectivity index (χ4n) is 1.89. The number of rotatable bonds is 3. The van der Waals surface area contributed by atoms with Gasteiger partial charge >= 0.3 is 0 Å². The second-order valence-corrected chi connectivity index (χ2v) is 6.62. The number of nitrogens with two attached hydrogens (primary N) is 1. The molecule has 1 heterocycles. The predicted octanol–water partition coefficient (Wildman–Crippen LogP) is 3.44. The Balaban J connectivity index is 0.000000379. The maximum Gasteiger partial charge on any atom is 0.0494 e. The molecule has 0 saturated heterocycles. The first-order valence-electron chi connectivity index (χ1n) is 8.54. The molecule has 0 saturated carbocycles. The van der Waals surface area contributed by atoms with E-state index >= 15 is 0 Å². The Morgan fingerprint density at radius 1 is 1.14 bits per heavy atom. The van der Waals surface area contributed by atoms with Crippen molar-refractivity contribution in [3.63, 3.8) is 0 Å². The summed E-state index contributed by atoms with van der Waals surface area (Å²) in [5.74, 6) is 0. The number of hydrogen-bond acceptors (Lipinski definition) is 3. The highest BCUT2D eigenvalue weighted by Crippen LogP contribution is 2.17. The van der Waals surface area contributed by atoms with E-state index in [4.69, 9.17) is 10.8 Å². The lowest BCUT2D eigenvalue weighted by molar-refractivity contribution is 0.167. The summed E-state index contributed by atoms with van der Waals surface area (Å²) in [5.41, 5.74) is 8.24. The number of likely N-dealkylation sites (N-methyl/N-ethyl adjacent to an activating group) is 1. The maximum absolute atomic E-state index is 8.51. The molecule has 1 aromatic carbocycles. The van der Waals surface area contributed by atoms with Crippen LogP contribution in [0, 0.1) is 5.41 Å².